The molecule has 19 heavy (non-hydrogen) atoms. The van der Waals surface area contributed by atoms with Crippen LogP contribution in [-0.2, 0) is 0 Å². The number of anilines is 1. The molecule has 0 aliphatic heterocycles. The number of phenols is 1. The molecule has 0 spiro atoms. The summed E-state index contributed by atoms with van der Waals surface area (Å²) in [6, 6.07) is 4.24. The summed E-state index contributed by atoms with van der Waals surface area (Å²) in [5.41, 5.74) is 5.92. The fraction of sp³-hybridized carbons (Fsp3) is 0.500. The molecular formula is C14H22N2O3. The van der Waals surface area contributed by atoms with Crippen LogP contribution in [0.2, 0.25) is 0 Å². The molecule has 0 aliphatic carbocycles. The Morgan fingerprint density at radius 2 is 2.05 bits per heavy atom. The lowest BCUT2D eigenvalue weighted by molar-refractivity contribution is 0.0885. The largest absolute Gasteiger partial charge is 0.506 e. The summed E-state index contributed by atoms with van der Waals surface area (Å²) in [5.74, 6) is -0.397. The fourth-order valence-corrected chi connectivity index (χ4v) is 1.78. The number of aliphatic hydroxyl groups excluding tert-OH is 1. The summed E-state index contributed by atoms with van der Waals surface area (Å²) < 4.78 is 0. The Hall–Kier alpha value is -1.75. The molecule has 106 valence electrons. The second-order valence-corrected chi connectivity index (χ2v) is 5.68. The van der Waals surface area contributed by atoms with Gasteiger partial charge in [0.25, 0.3) is 5.91 Å². The molecule has 0 aliphatic rings. The van der Waals surface area contributed by atoms with Crippen molar-refractivity contribution >= 4 is 11.6 Å². The standard InChI is InChI=1S/C14H22N2O3/c1-14(2,3)12(6-7-17)16-13(19)9-4-5-10(15)11(18)8-9/h4-5,8,12,17-18H,6-7,15H2,1-3H3,(H,16,19). The molecule has 1 aromatic carbocycles. The van der Waals surface area contributed by atoms with Crippen molar-refractivity contribution in [2.45, 2.75) is 33.2 Å². The van der Waals surface area contributed by atoms with Crippen molar-refractivity contribution in [3.8, 4) is 5.75 Å². The molecule has 1 rings (SSSR count). The summed E-state index contributed by atoms with van der Waals surface area (Å²) >= 11 is 0. The van der Waals surface area contributed by atoms with Crippen LogP contribution in [-0.4, -0.2) is 28.8 Å². The minimum absolute atomic E-state index is 0.00913. The molecule has 1 aromatic rings. The van der Waals surface area contributed by atoms with Crippen LogP contribution in [0.4, 0.5) is 5.69 Å². The third kappa shape index (κ3) is 4.13. The maximum Gasteiger partial charge on any atom is 0.251 e. The van der Waals surface area contributed by atoms with E-state index >= 15 is 0 Å². The summed E-state index contributed by atoms with van der Waals surface area (Å²) in [6.45, 7) is 5.99. The number of hydrogen-bond donors (Lipinski definition) is 4. The van der Waals surface area contributed by atoms with E-state index in [0.29, 0.717) is 12.0 Å². The van der Waals surface area contributed by atoms with E-state index in [2.05, 4.69) is 5.32 Å². The van der Waals surface area contributed by atoms with Gasteiger partial charge in [-0.15, -0.1) is 0 Å². The highest BCUT2D eigenvalue weighted by atomic mass is 16.3. The first-order chi connectivity index (χ1) is 8.75. The number of nitrogen functional groups attached to an aromatic ring is 1. The number of aliphatic hydroxyl groups is 1. The van der Waals surface area contributed by atoms with Crippen LogP contribution < -0.4 is 11.1 Å². The van der Waals surface area contributed by atoms with Gasteiger partial charge in [-0.3, -0.25) is 4.79 Å². The van der Waals surface area contributed by atoms with Gasteiger partial charge in [0.2, 0.25) is 0 Å². The SMILES string of the molecule is CC(C)(C)C(CCO)NC(=O)c1ccc(N)c(O)c1. The number of nitrogens with two attached hydrogens (primary N) is 1. The van der Waals surface area contributed by atoms with E-state index in [9.17, 15) is 9.90 Å². The predicted octanol–water partition coefficient (Wildman–Crippen LogP) is 1.50. The molecule has 0 saturated carbocycles. The molecule has 1 unspecified atom stereocenters. The Balaban J connectivity index is 2.84. The van der Waals surface area contributed by atoms with Crippen molar-refractivity contribution < 1.29 is 15.0 Å². The van der Waals surface area contributed by atoms with Crippen LogP contribution in [0.3, 0.4) is 0 Å². The topological polar surface area (TPSA) is 95.6 Å². The van der Waals surface area contributed by atoms with Gasteiger partial charge in [0.15, 0.2) is 0 Å². The highest BCUT2D eigenvalue weighted by Crippen LogP contribution is 2.24. The summed E-state index contributed by atoms with van der Waals surface area (Å²) in [7, 11) is 0. The lowest BCUT2D eigenvalue weighted by Crippen LogP contribution is -2.44. The molecule has 1 atom stereocenters. The summed E-state index contributed by atoms with van der Waals surface area (Å²) in [5, 5.41) is 21.4. The summed E-state index contributed by atoms with van der Waals surface area (Å²) in [6.07, 6.45) is 0.482. The minimum atomic E-state index is -0.288. The highest BCUT2D eigenvalue weighted by molar-refractivity contribution is 5.95. The number of rotatable bonds is 4. The molecule has 0 fully saturated rings. The first-order valence-electron chi connectivity index (χ1n) is 6.26. The van der Waals surface area contributed by atoms with Gasteiger partial charge in [0, 0.05) is 18.2 Å². The Labute approximate surface area is 113 Å². The molecule has 0 bridgehead atoms. The molecule has 0 saturated heterocycles. The first-order valence-corrected chi connectivity index (χ1v) is 6.26. The van der Waals surface area contributed by atoms with E-state index in [1.165, 1.54) is 12.1 Å². The van der Waals surface area contributed by atoms with E-state index in [-0.39, 0.29) is 35.4 Å². The van der Waals surface area contributed by atoms with Gasteiger partial charge in [-0.1, -0.05) is 20.8 Å². The van der Waals surface area contributed by atoms with Gasteiger partial charge in [0.05, 0.1) is 5.69 Å². The molecule has 0 heterocycles. The van der Waals surface area contributed by atoms with Gasteiger partial charge in [0.1, 0.15) is 5.75 Å². The number of phenolic OH excluding ortho intramolecular Hbond substituents is 1. The zero-order valence-electron chi connectivity index (χ0n) is 11.6. The van der Waals surface area contributed by atoms with Crippen molar-refractivity contribution in [1.82, 2.24) is 5.32 Å². The Morgan fingerprint density at radius 3 is 2.53 bits per heavy atom. The van der Waals surface area contributed by atoms with Crippen molar-refractivity contribution in [3.63, 3.8) is 0 Å². The summed E-state index contributed by atoms with van der Waals surface area (Å²) in [4.78, 5) is 12.1. The van der Waals surface area contributed by atoms with Crippen LogP contribution in [0, 0.1) is 5.41 Å². The number of nitrogens with one attached hydrogen (secondary N) is 1. The molecule has 5 N–H and O–H groups in total. The zero-order valence-corrected chi connectivity index (χ0v) is 11.6. The number of hydrogen-bond acceptors (Lipinski definition) is 4. The van der Waals surface area contributed by atoms with Gasteiger partial charge in [-0.05, 0) is 30.0 Å². The van der Waals surface area contributed by atoms with E-state index in [0.717, 1.165) is 0 Å². The van der Waals surface area contributed by atoms with E-state index in [1.54, 1.807) is 6.07 Å². The zero-order chi connectivity index (χ0) is 14.6. The number of aromatic hydroxyl groups is 1. The quantitative estimate of drug-likeness (QED) is 0.490. The molecule has 5 heteroatoms. The molecule has 5 nitrogen and oxygen atoms in total. The van der Waals surface area contributed by atoms with Gasteiger partial charge in [-0.25, -0.2) is 0 Å². The number of carbonyl (C=O) groups excluding carboxylic acids is 1. The van der Waals surface area contributed by atoms with E-state index in [1.807, 2.05) is 20.8 Å². The maximum absolute atomic E-state index is 12.1. The normalized spacial score (nSPS) is 13.1. The Kier molecular flexibility index (Phi) is 4.78. The van der Waals surface area contributed by atoms with Crippen LogP contribution in [0.5, 0.6) is 5.75 Å². The van der Waals surface area contributed by atoms with Crippen LogP contribution in [0.1, 0.15) is 37.6 Å². The van der Waals surface area contributed by atoms with Gasteiger partial charge in [-0.2, -0.15) is 0 Å². The second-order valence-electron chi connectivity index (χ2n) is 5.68. The van der Waals surface area contributed by atoms with Crippen LogP contribution in [0.15, 0.2) is 18.2 Å². The minimum Gasteiger partial charge on any atom is -0.506 e. The molecule has 0 aromatic heterocycles. The highest BCUT2D eigenvalue weighted by Gasteiger charge is 2.26. The van der Waals surface area contributed by atoms with Crippen LogP contribution >= 0.6 is 0 Å². The van der Waals surface area contributed by atoms with E-state index < -0.39 is 0 Å². The molecular weight excluding hydrogens is 244 g/mol. The lowest BCUT2D eigenvalue weighted by Gasteiger charge is -2.31. The molecule has 0 radical (unpaired) electrons. The lowest BCUT2D eigenvalue weighted by atomic mass is 9.84. The maximum atomic E-state index is 12.1. The third-order valence-electron chi connectivity index (χ3n) is 3.06. The van der Waals surface area contributed by atoms with Crippen molar-refractivity contribution in [2.24, 2.45) is 5.41 Å². The smallest absolute Gasteiger partial charge is 0.251 e. The Morgan fingerprint density at radius 1 is 1.42 bits per heavy atom. The monoisotopic (exact) mass is 266 g/mol. The fourth-order valence-electron chi connectivity index (χ4n) is 1.78. The van der Waals surface area contributed by atoms with Crippen molar-refractivity contribution in [2.75, 3.05) is 12.3 Å². The first kappa shape index (κ1) is 15.3. The average molecular weight is 266 g/mol. The number of amides is 1. The molecule has 1 amide bonds. The second kappa shape index (κ2) is 5.93. The average Bonchev–Trinajstić information content (AvgIpc) is 2.30. The number of carbonyl (C=O) groups is 1. The van der Waals surface area contributed by atoms with Gasteiger partial charge >= 0.3 is 0 Å². The van der Waals surface area contributed by atoms with E-state index in [4.69, 9.17) is 10.8 Å². The number of benzene rings is 1. The predicted molar refractivity (Wildman–Crippen MR) is 74.9 cm³/mol. The van der Waals surface area contributed by atoms with Gasteiger partial charge < -0.3 is 21.3 Å². The van der Waals surface area contributed by atoms with Crippen molar-refractivity contribution in [3.05, 3.63) is 23.8 Å². The van der Waals surface area contributed by atoms with Crippen LogP contribution in [0.25, 0.3) is 0 Å². The third-order valence-corrected chi connectivity index (χ3v) is 3.06. The van der Waals surface area contributed by atoms with Crippen molar-refractivity contribution in [1.29, 1.82) is 0 Å². The Bertz CT molecular complexity index is 452.